The van der Waals surface area contributed by atoms with Crippen LogP contribution in [0.5, 0.6) is 0 Å². The maximum atomic E-state index is 12.1. The Balaban J connectivity index is 1.94. The number of rotatable bonds is 5. The molecule has 0 aromatic carbocycles. The van der Waals surface area contributed by atoms with E-state index in [2.05, 4.69) is 15.1 Å². The van der Waals surface area contributed by atoms with Crippen molar-refractivity contribution in [3.8, 4) is 0 Å². The lowest BCUT2D eigenvalue weighted by molar-refractivity contribution is -0.132. The Morgan fingerprint density at radius 3 is 3.15 bits per heavy atom. The van der Waals surface area contributed by atoms with E-state index in [4.69, 9.17) is 5.73 Å². The predicted molar refractivity (Wildman–Crippen MR) is 78.3 cm³/mol. The molecule has 1 aliphatic rings. The Bertz CT molecular complexity index is 425. The molecule has 2 heterocycles. The van der Waals surface area contributed by atoms with Gasteiger partial charge >= 0.3 is 0 Å². The van der Waals surface area contributed by atoms with E-state index in [1.165, 1.54) is 0 Å². The molecule has 6 nitrogen and oxygen atoms in total. The molecule has 6 heteroatoms. The number of hydrogen-bond donors (Lipinski definition) is 1. The average Bonchev–Trinajstić information content (AvgIpc) is 2.53. The third-order valence-corrected chi connectivity index (χ3v) is 3.81. The Kier molecular flexibility index (Phi) is 5.29. The van der Waals surface area contributed by atoms with Gasteiger partial charge in [-0.3, -0.25) is 4.79 Å². The van der Waals surface area contributed by atoms with Gasteiger partial charge in [-0.15, -0.1) is 5.10 Å². The molecule has 110 valence electrons. The Morgan fingerprint density at radius 1 is 1.60 bits per heavy atom. The van der Waals surface area contributed by atoms with Gasteiger partial charge in [-0.2, -0.15) is 5.10 Å². The summed E-state index contributed by atoms with van der Waals surface area (Å²) in [7, 11) is 1.89. The van der Waals surface area contributed by atoms with Crippen molar-refractivity contribution in [2.75, 3.05) is 31.6 Å². The first kappa shape index (κ1) is 14.7. The Labute approximate surface area is 120 Å². The molecule has 0 saturated carbocycles. The van der Waals surface area contributed by atoms with Gasteiger partial charge in [0, 0.05) is 38.8 Å². The van der Waals surface area contributed by atoms with Gasteiger partial charge in [0.1, 0.15) is 0 Å². The van der Waals surface area contributed by atoms with Crippen LogP contribution in [0.25, 0.3) is 0 Å². The molecule has 0 aliphatic carbocycles. The minimum Gasteiger partial charge on any atom is -0.353 e. The van der Waals surface area contributed by atoms with Crippen LogP contribution in [0.3, 0.4) is 0 Å². The first-order chi connectivity index (χ1) is 9.72. The molecule has 1 aromatic rings. The number of anilines is 1. The van der Waals surface area contributed by atoms with Gasteiger partial charge in [-0.1, -0.05) is 0 Å². The fourth-order valence-electron chi connectivity index (χ4n) is 2.57. The highest BCUT2D eigenvalue weighted by molar-refractivity contribution is 5.76. The van der Waals surface area contributed by atoms with Crippen LogP contribution in [-0.2, 0) is 4.79 Å². The lowest BCUT2D eigenvalue weighted by Gasteiger charge is -2.38. The molecule has 1 atom stereocenters. The van der Waals surface area contributed by atoms with E-state index in [1.54, 1.807) is 6.20 Å². The van der Waals surface area contributed by atoms with Crippen molar-refractivity contribution in [2.45, 2.75) is 31.7 Å². The van der Waals surface area contributed by atoms with Gasteiger partial charge in [0.05, 0.1) is 0 Å². The highest BCUT2D eigenvalue weighted by Gasteiger charge is 2.26. The van der Waals surface area contributed by atoms with Gasteiger partial charge < -0.3 is 15.5 Å². The van der Waals surface area contributed by atoms with Gasteiger partial charge in [-0.25, -0.2) is 0 Å². The molecule has 2 N–H and O–H groups in total. The summed E-state index contributed by atoms with van der Waals surface area (Å²) in [5.74, 6) is 1.07. The summed E-state index contributed by atoms with van der Waals surface area (Å²) in [6.07, 6.45) is 5.07. The summed E-state index contributed by atoms with van der Waals surface area (Å²) in [6.45, 7) is 2.36. The van der Waals surface area contributed by atoms with Crippen LogP contribution in [0.4, 0.5) is 5.82 Å². The van der Waals surface area contributed by atoms with Crippen molar-refractivity contribution in [3.05, 3.63) is 18.3 Å². The molecule has 1 amide bonds. The maximum Gasteiger partial charge on any atom is 0.222 e. The molecular weight excluding hydrogens is 254 g/mol. The van der Waals surface area contributed by atoms with E-state index in [1.807, 2.05) is 24.1 Å². The van der Waals surface area contributed by atoms with E-state index in [0.717, 1.165) is 38.2 Å². The number of carbonyl (C=O) groups excluding carboxylic acids is 1. The summed E-state index contributed by atoms with van der Waals surface area (Å²) in [4.78, 5) is 16.1. The number of piperidine rings is 1. The number of carbonyl (C=O) groups is 1. The molecular formula is C14H23N5O. The minimum atomic E-state index is 0.182. The van der Waals surface area contributed by atoms with Gasteiger partial charge in [-0.05, 0) is 37.9 Å². The minimum absolute atomic E-state index is 0.182. The SMILES string of the molecule is CN(C(=O)CCCN)C1CCCN(c2cccnn2)C1. The van der Waals surface area contributed by atoms with Crippen molar-refractivity contribution in [3.63, 3.8) is 0 Å². The van der Waals surface area contributed by atoms with Crippen molar-refractivity contribution in [2.24, 2.45) is 5.73 Å². The summed E-state index contributed by atoms with van der Waals surface area (Å²) >= 11 is 0. The molecule has 1 unspecified atom stereocenters. The van der Waals surface area contributed by atoms with Crippen molar-refractivity contribution in [1.29, 1.82) is 0 Å². The molecule has 20 heavy (non-hydrogen) atoms. The number of hydrogen-bond acceptors (Lipinski definition) is 5. The second kappa shape index (κ2) is 7.19. The zero-order valence-corrected chi connectivity index (χ0v) is 12.0. The number of aromatic nitrogens is 2. The number of nitrogens with zero attached hydrogens (tertiary/aromatic N) is 4. The van der Waals surface area contributed by atoms with Gasteiger partial charge in [0.15, 0.2) is 5.82 Å². The summed E-state index contributed by atoms with van der Waals surface area (Å²) in [6, 6.07) is 4.10. The summed E-state index contributed by atoms with van der Waals surface area (Å²) in [5.41, 5.74) is 5.46. The molecule has 1 saturated heterocycles. The Hall–Kier alpha value is -1.69. The van der Waals surface area contributed by atoms with Crippen LogP contribution >= 0.6 is 0 Å². The predicted octanol–water partition coefficient (Wildman–Crippen LogP) is 0.643. The van der Waals surface area contributed by atoms with E-state index < -0.39 is 0 Å². The van der Waals surface area contributed by atoms with E-state index >= 15 is 0 Å². The van der Waals surface area contributed by atoms with Gasteiger partial charge in [0.25, 0.3) is 0 Å². The fourth-order valence-corrected chi connectivity index (χ4v) is 2.57. The van der Waals surface area contributed by atoms with E-state index in [-0.39, 0.29) is 11.9 Å². The van der Waals surface area contributed by atoms with Crippen molar-refractivity contribution >= 4 is 11.7 Å². The third-order valence-electron chi connectivity index (χ3n) is 3.81. The summed E-state index contributed by atoms with van der Waals surface area (Å²) < 4.78 is 0. The lowest BCUT2D eigenvalue weighted by atomic mass is 10.0. The Morgan fingerprint density at radius 2 is 2.45 bits per heavy atom. The summed E-state index contributed by atoms with van der Waals surface area (Å²) in [5, 5.41) is 8.07. The standard InChI is InChI=1S/C14H23N5O/c1-18(14(20)7-2-8-15)12-5-4-10-19(11-12)13-6-3-9-16-17-13/h3,6,9,12H,2,4-5,7-8,10-11,15H2,1H3. The second-order valence-corrected chi connectivity index (χ2v) is 5.22. The largest absolute Gasteiger partial charge is 0.353 e. The maximum absolute atomic E-state index is 12.1. The van der Waals surface area contributed by atoms with Crippen LogP contribution in [0, 0.1) is 0 Å². The molecule has 0 spiro atoms. The van der Waals surface area contributed by atoms with Crippen LogP contribution in [0.2, 0.25) is 0 Å². The second-order valence-electron chi connectivity index (χ2n) is 5.22. The zero-order chi connectivity index (χ0) is 14.4. The monoisotopic (exact) mass is 277 g/mol. The van der Waals surface area contributed by atoms with Crippen LogP contribution in [0.15, 0.2) is 18.3 Å². The number of amides is 1. The lowest BCUT2D eigenvalue weighted by Crippen LogP contribution is -2.49. The smallest absolute Gasteiger partial charge is 0.222 e. The molecule has 1 aliphatic heterocycles. The first-order valence-electron chi connectivity index (χ1n) is 7.20. The first-order valence-corrected chi connectivity index (χ1v) is 7.20. The van der Waals surface area contributed by atoms with Crippen LogP contribution in [-0.4, -0.2) is 53.7 Å². The molecule has 0 bridgehead atoms. The normalized spacial score (nSPS) is 18.9. The van der Waals surface area contributed by atoms with E-state index in [0.29, 0.717) is 13.0 Å². The molecule has 1 fully saturated rings. The third kappa shape index (κ3) is 3.66. The number of nitrogens with two attached hydrogens (primary N) is 1. The van der Waals surface area contributed by atoms with Crippen molar-refractivity contribution in [1.82, 2.24) is 15.1 Å². The van der Waals surface area contributed by atoms with Crippen LogP contribution < -0.4 is 10.6 Å². The molecule has 0 radical (unpaired) electrons. The molecule has 2 rings (SSSR count). The van der Waals surface area contributed by atoms with E-state index in [9.17, 15) is 4.79 Å². The molecule has 1 aromatic heterocycles. The average molecular weight is 277 g/mol. The highest BCUT2D eigenvalue weighted by Crippen LogP contribution is 2.20. The topological polar surface area (TPSA) is 75.3 Å². The quantitative estimate of drug-likeness (QED) is 0.855. The zero-order valence-electron chi connectivity index (χ0n) is 12.0. The number of likely N-dealkylation sites (N-methyl/N-ethyl adjacent to an activating group) is 1. The van der Waals surface area contributed by atoms with Crippen molar-refractivity contribution < 1.29 is 4.79 Å². The highest BCUT2D eigenvalue weighted by atomic mass is 16.2. The van der Waals surface area contributed by atoms with Gasteiger partial charge in [0.2, 0.25) is 5.91 Å². The van der Waals surface area contributed by atoms with Crippen LogP contribution in [0.1, 0.15) is 25.7 Å². The fraction of sp³-hybridized carbons (Fsp3) is 0.643.